The minimum Gasteiger partial charge on any atom is -0.497 e. The van der Waals surface area contributed by atoms with Gasteiger partial charge < -0.3 is 9.47 Å². The van der Waals surface area contributed by atoms with Gasteiger partial charge in [-0.05, 0) is 46.9 Å². The standard InChI is InChI=1S/C21H22O4/c1-21-9-8-15-14-7-5-13(24-2)10-12(14)4-6-16(15)19(21)17(11-18(21)22)20(23)25-3/h4-7,10,17,19H,8-9,11H2,1-3H3/t17-,19-,21+/m1/s1. The zero-order chi connectivity index (χ0) is 17.8. The van der Waals surface area contributed by atoms with Crippen LogP contribution in [0.1, 0.15) is 36.8 Å². The molecule has 0 saturated heterocycles. The predicted octanol–water partition coefficient (Wildman–Crippen LogP) is 3.65. The number of ketones is 1. The van der Waals surface area contributed by atoms with E-state index in [1.54, 1.807) is 7.11 Å². The van der Waals surface area contributed by atoms with Gasteiger partial charge >= 0.3 is 5.97 Å². The van der Waals surface area contributed by atoms with E-state index in [0.717, 1.165) is 29.5 Å². The van der Waals surface area contributed by atoms with Crippen molar-refractivity contribution in [1.82, 2.24) is 0 Å². The van der Waals surface area contributed by atoms with Crippen LogP contribution in [0.5, 0.6) is 5.75 Å². The Morgan fingerprint density at radius 3 is 2.72 bits per heavy atom. The molecule has 0 unspecified atom stereocenters. The SMILES string of the molecule is COC(=O)[C@@H]1CC(=O)[C@]2(C)CCc3c(ccc4cc(OC)ccc34)[C@H]12. The normalized spacial score (nSPS) is 27.7. The Labute approximate surface area is 147 Å². The van der Waals surface area contributed by atoms with Crippen LogP contribution in [0, 0.1) is 11.3 Å². The highest BCUT2D eigenvalue weighted by molar-refractivity contribution is 5.96. The number of rotatable bonds is 2. The lowest BCUT2D eigenvalue weighted by Crippen LogP contribution is -2.35. The fraction of sp³-hybridized carbons (Fsp3) is 0.429. The molecule has 2 aliphatic rings. The monoisotopic (exact) mass is 338 g/mol. The third kappa shape index (κ3) is 2.20. The van der Waals surface area contributed by atoms with Crippen LogP contribution in [0.4, 0.5) is 0 Å². The second kappa shape index (κ2) is 5.58. The Kier molecular flexibility index (Phi) is 3.60. The molecule has 2 aromatic rings. The highest BCUT2D eigenvalue weighted by atomic mass is 16.5. The van der Waals surface area contributed by atoms with E-state index in [1.807, 2.05) is 19.1 Å². The zero-order valence-corrected chi connectivity index (χ0v) is 14.8. The molecular weight excluding hydrogens is 316 g/mol. The van der Waals surface area contributed by atoms with Crippen molar-refractivity contribution in [3.8, 4) is 5.75 Å². The summed E-state index contributed by atoms with van der Waals surface area (Å²) < 4.78 is 10.3. The van der Waals surface area contributed by atoms with Gasteiger partial charge in [-0.1, -0.05) is 25.1 Å². The van der Waals surface area contributed by atoms with E-state index in [1.165, 1.54) is 18.1 Å². The summed E-state index contributed by atoms with van der Waals surface area (Å²) in [6, 6.07) is 10.2. The summed E-state index contributed by atoms with van der Waals surface area (Å²) in [7, 11) is 3.06. The predicted molar refractivity (Wildman–Crippen MR) is 94.8 cm³/mol. The van der Waals surface area contributed by atoms with Crippen LogP contribution in [0.15, 0.2) is 30.3 Å². The molecule has 2 aromatic carbocycles. The molecule has 0 spiro atoms. The Hall–Kier alpha value is -2.36. The molecule has 0 heterocycles. The van der Waals surface area contributed by atoms with Gasteiger partial charge in [0.25, 0.3) is 0 Å². The molecule has 4 heteroatoms. The van der Waals surface area contributed by atoms with Gasteiger partial charge in [0.2, 0.25) is 0 Å². The van der Waals surface area contributed by atoms with Crippen molar-refractivity contribution < 1.29 is 19.1 Å². The Balaban J connectivity index is 1.90. The first kappa shape index (κ1) is 16.1. The van der Waals surface area contributed by atoms with Crippen LogP contribution < -0.4 is 4.74 Å². The minimum absolute atomic E-state index is 0.0947. The quantitative estimate of drug-likeness (QED) is 0.785. The zero-order valence-electron chi connectivity index (χ0n) is 14.8. The maximum atomic E-state index is 12.7. The maximum absolute atomic E-state index is 12.7. The minimum atomic E-state index is -0.466. The van der Waals surface area contributed by atoms with E-state index in [9.17, 15) is 9.59 Å². The number of esters is 1. The van der Waals surface area contributed by atoms with E-state index in [4.69, 9.17) is 9.47 Å². The van der Waals surface area contributed by atoms with E-state index in [2.05, 4.69) is 18.2 Å². The fourth-order valence-electron chi connectivity index (χ4n) is 4.87. The second-order valence-electron chi connectivity index (χ2n) is 7.37. The molecular formula is C21H22O4. The van der Waals surface area contributed by atoms with Crippen LogP contribution >= 0.6 is 0 Å². The molecule has 3 atom stereocenters. The van der Waals surface area contributed by atoms with Crippen LogP contribution in [0.2, 0.25) is 0 Å². The van der Waals surface area contributed by atoms with Gasteiger partial charge in [-0.25, -0.2) is 0 Å². The largest absolute Gasteiger partial charge is 0.497 e. The van der Waals surface area contributed by atoms with Gasteiger partial charge in [0.05, 0.1) is 20.1 Å². The number of carbonyl (C=O) groups excluding carboxylic acids is 2. The first-order valence-corrected chi connectivity index (χ1v) is 8.70. The maximum Gasteiger partial charge on any atom is 0.309 e. The Morgan fingerprint density at radius 1 is 1.20 bits per heavy atom. The average Bonchev–Trinajstić information content (AvgIpc) is 2.91. The molecule has 4 nitrogen and oxygen atoms in total. The van der Waals surface area contributed by atoms with Gasteiger partial charge in [-0.3, -0.25) is 9.59 Å². The van der Waals surface area contributed by atoms with E-state index in [-0.39, 0.29) is 30.0 Å². The molecule has 0 aromatic heterocycles. The van der Waals surface area contributed by atoms with Crippen molar-refractivity contribution in [3.05, 3.63) is 41.5 Å². The van der Waals surface area contributed by atoms with Gasteiger partial charge in [-0.15, -0.1) is 0 Å². The number of methoxy groups -OCH3 is 2. The molecule has 1 saturated carbocycles. The third-order valence-electron chi connectivity index (χ3n) is 6.24. The molecule has 0 radical (unpaired) electrons. The van der Waals surface area contributed by atoms with Gasteiger partial charge in [-0.2, -0.15) is 0 Å². The molecule has 0 amide bonds. The number of aryl methyl sites for hydroxylation is 1. The van der Waals surface area contributed by atoms with Crippen molar-refractivity contribution >= 4 is 22.5 Å². The number of Topliss-reactive ketones (excluding diaryl/α,β-unsaturated/α-hetero) is 1. The highest BCUT2D eigenvalue weighted by Gasteiger charge is 2.56. The van der Waals surface area contributed by atoms with E-state index >= 15 is 0 Å². The third-order valence-corrected chi connectivity index (χ3v) is 6.24. The van der Waals surface area contributed by atoms with Crippen LogP contribution in [-0.2, 0) is 20.7 Å². The summed E-state index contributed by atoms with van der Waals surface area (Å²) in [6.45, 7) is 2.02. The topological polar surface area (TPSA) is 52.6 Å². The van der Waals surface area contributed by atoms with Gasteiger partial charge in [0.15, 0.2) is 0 Å². The van der Waals surface area contributed by atoms with E-state index < -0.39 is 5.41 Å². The first-order chi connectivity index (χ1) is 12.0. The lowest BCUT2D eigenvalue weighted by atomic mass is 9.64. The number of carbonyl (C=O) groups is 2. The van der Waals surface area contributed by atoms with Crippen LogP contribution in [0.3, 0.4) is 0 Å². The molecule has 0 N–H and O–H groups in total. The van der Waals surface area contributed by atoms with Crippen molar-refractivity contribution in [2.24, 2.45) is 11.3 Å². The Bertz CT molecular complexity index is 885. The fourth-order valence-corrected chi connectivity index (χ4v) is 4.87. The smallest absolute Gasteiger partial charge is 0.309 e. The van der Waals surface area contributed by atoms with Crippen LogP contribution in [0.25, 0.3) is 10.8 Å². The summed E-state index contributed by atoms with van der Waals surface area (Å²) in [5, 5.41) is 2.31. The van der Waals surface area contributed by atoms with Crippen molar-refractivity contribution in [3.63, 3.8) is 0 Å². The van der Waals surface area contributed by atoms with E-state index in [0.29, 0.717) is 0 Å². The van der Waals surface area contributed by atoms with Crippen molar-refractivity contribution in [1.29, 1.82) is 0 Å². The molecule has 130 valence electrons. The second-order valence-corrected chi connectivity index (χ2v) is 7.37. The summed E-state index contributed by atoms with van der Waals surface area (Å²) in [5.41, 5.74) is 1.92. The van der Waals surface area contributed by atoms with Crippen LogP contribution in [-0.4, -0.2) is 26.0 Å². The summed E-state index contributed by atoms with van der Waals surface area (Å²) in [6.07, 6.45) is 1.92. The molecule has 2 aliphatic carbocycles. The van der Waals surface area contributed by atoms with Crippen molar-refractivity contribution in [2.75, 3.05) is 14.2 Å². The molecule has 4 rings (SSSR count). The van der Waals surface area contributed by atoms with Gasteiger partial charge in [0, 0.05) is 17.8 Å². The first-order valence-electron chi connectivity index (χ1n) is 8.70. The number of hydrogen-bond acceptors (Lipinski definition) is 4. The number of benzene rings is 2. The lowest BCUT2D eigenvalue weighted by Gasteiger charge is -2.38. The number of hydrogen-bond donors (Lipinski definition) is 0. The number of fused-ring (bicyclic) bond motifs is 5. The Morgan fingerprint density at radius 2 is 2.00 bits per heavy atom. The lowest BCUT2D eigenvalue weighted by molar-refractivity contribution is -0.146. The highest BCUT2D eigenvalue weighted by Crippen LogP contribution is 2.57. The molecule has 0 aliphatic heterocycles. The van der Waals surface area contributed by atoms with Crippen molar-refractivity contribution in [2.45, 2.75) is 32.1 Å². The van der Waals surface area contributed by atoms with Gasteiger partial charge in [0.1, 0.15) is 11.5 Å². The molecule has 0 bridgehead atoms. The summed E-state index contributed by atoms with van der Waals surface area (Å²) >= 11 is 0. The summed E-state index contributed by atoms with van der Waals surface area (Å²) in [5.74, 6) is 0.273. The molecule has 1 fully saturated rings. The number of ether oxygens (including phenoxy) is 2. The molecule has 25 heavy (non-hydrogen) atoms. The average molecular weight is 338 g/mol. The summed E-state index contributed by atoms with van der Waals surface area (Å²) in [4.78, 5) is 25.0.